The molecular weight excluding hydrogens is 366 g/mol. The number of fused-ring (bicyclic) bond motifs is 1. The zero-order valence-electron chi connectivity index (χ0n) is 15.4. The number of nitrogens with one attached hydrogen (secondary N) is 1. The number of H-pyrrole nitrogens is 1. The quantitative estimate of drug-likeness (QED) is 0.665. The summed E-state index contributed by atoms with van der Waals surface area (Å²) in [5.74, 6) is -1.91. The number of nitrogens with zero attached hydrogens (tertiary/aromatic N) is 3. The van der Waals surface area contributed by atoms with Crippen molar-refractivity contribution in [2.45, 2.75) is 39.0 Å². The fraction of sp³-hybridized carbons (Fsp3) is 0.400. The number of pyridine rings is 1. The minimum absolute atomic E-state index is 0.0303. The third-order valence-electron chi connectivity index (χ3n) is 5.90. The molecule has 3 aromatic heterocycles. The molecule has 1 aliphatic carbocycles. The number of hydrogen-bond donors (Lipinski definition) is 2. The van der Waals surface area contributed by atoms with Gasteiger partial charge in [0.05, 0.1) is 18.1 Å². The molecule has 0 unspecified atom stereocenters. The summed E-state index contributed by atoms with van der Waals surface area (Å²) >= 11 is 0. The molecule has 8 heteroatoms. The van der Waals surface area contributed by atoms with Crippen molar-refractivity contribution in [3.8, 4) is 11.4 Å². The molecule has 3 heterocycles. The van der Waals surface area contributed by atoms with E-state index in [0.717, 1.165) is 31.7 Å². The third-order valence-corrected chi connectivity index (χ3v) is 5.90. The second-order valence-corrected chi connectivity index (χ2v) is 7.75. The molecule has 28 heavy (non-hydrogen) atoms. The molecule has 0 spiro atoms. The number of aliphatic carboxylic acids is 1. The van der Waals surface area contributed by atoms with Crippen LogP contribution in [-0.4, -0.2) is 31.0 Å². The number of carboxylic acids is 1. The summed E-state index contributed by atoms with van der Waals surface area (Å²) in [6.45, 7) is 2.05. The Morgan fingerprint density at radius 3 is 2.79 bits per heavy atom. The predicted octanol–water partition coefficient (Wildman–Crippen LogP) is 4.12. The van der Waals surface area contributed by atoms with Crippen LogP contribution < -0.4 is 0 Å². The van der Waals surface area contributed by atoms with Crippen LogP contribution in [0.25, 0.3) is 22.4 Å². The lowest BCUT2D eigenvalue weighted by atomic mass is 9.60. The van der Waals surface area contributed by atoms with Crippen molar-refractivity contribution in [3.63, 3.8) is 0 Å². The van der Waals surface area contributed by atoms with E-state index in [4.69, 9.17) is 0 Å². The highest BCUT2D eigenvalue weighted by atomic mass is 19.1. The van der Waals surface area contributed by atoms with E-state index in [1.54, 1.807) is 6.20 Å². The normalized spacial score (nSPS) is 16.7. The van der Waals surface area contributed by atoms with Gasteiger partial charge in [-0.2, -0.15) is 0 Å². The monoisotopic (exact) mass is 386 g/mol. The Balaban J connectivity index is 1.70. The summed E-state index contributed by atoms with van der Waals surface area (Å²) in [7, 11) is 0. The molecule has 0 radical (unpaired) electrons. The fourth-order valence-corrected chi connectivity index (χ4v) is 3.99. The first-order valence-corrected chi connectivity index (χ1v) is 9.22. The first-order valence-electron chi connectivity index (χ1n) is 9.22. The Morgan fingerprint density at radius 1 is 1.32 bits per heavy atom. The van der Waals surface area contributed by atoms with Gasteiger partial charge in [-0.15, -0.1) is 0 Å². The van der Waals surface area contributed by atoms with Crippen molar-refractivity contribution in [1.29, 1.82) is 0 Å². The van der Waals surface area contributed by atoms with Crippen LogP contribution in [-0.2, 0) is 11.2 Å². The van der Waals surface area contributed by atoms with Crippen LogP contribution in [0, 0.1) is 23.0 Å². The van der Waals surface area contributed by atoms with Gasteiger partial charge in [0.2, 0.25) is 0 Å². The molecule has 1 saturated carbocycles. The van der Waals surface area contributed by atoms with Gasteiger partial charge in [-0.1, -0.05) is 13.3 Å². The zero-order valence-corrected chi connectivity index (χ0v) is 15.4. The first-order chi connectivity index (χ1) is 13.4. The lowest BCUT2D eigenvalue weighted by Gasteiger charge is -2.44. The Labute approximate surface area is 160 Å². The molecule has 0 aromatic carbocycles. The van der Waals surface area contributed by atoms with Gasteiger partial charge in [0, 0.05) is 23.6 Å². The largest absolute Gasteiger partial charge is 0.481 e. The highest BCUT2D eigenvalue weighted by Crippen LogP contribution is 2.49. The minimum atomic E-state index is -0.897. The number of rotatable bonds is 6. The van der Waals surface area contributed by atoms with E-state index >= 15 is 0 Å². The van der Waals surface area contributed by atoms with Crippen LogP contribution in [0.1, 0.15) is 38.3 Å². The topological polar surface area (TPSA) is 91.8 Å². The zero-order chi connectivity index (χ0) is 19.9. The molecule has 6 nitrogen and oxygen atoms in total. The predicted molar refractivity (Wildman–Crippen MR) is 98.4 cm³/mol. The standard InChI is InChI=1S/C20H20F2N4O2/c1-20(3-2-4-20)11(6-17(27)28)5-16-15(22)10-25-19(26-16)14-9-24-18-13(14)7-12(21)8-23-18/h7-11H,2-6H2,1H3,(H,23,24)(H,27,28)/t11-/m1/s1. The van der Waals surface area contributed by atoms with Crippen molar-refractivity contribution >= 4 is 17.0 Å². The van der Waals surface area contributed by atoms with Gasteiger partial charge in [0.15, 0.2) is 11.6 Å². The van der Waals surface area contributed by atoms with E-state index in [1.807, 2.05) is 0 Å². The second-order valence-electron chi connectivity index (χ2n) is 7.75. The third kappa shape index (κ3) is 3.34. The molecule has 2 N–H and O–H groups in total. The van der Waals surface area contributed by atoms with Gasteiger partial charge in [-0.25, -0.2) is 23.7 Å². The summed E-state index contributed by atoms with van der Waals surface area (Å²) in [6, 6.07) is 1.32. The molecule has 0 bridgehead atoms. The SMILES string of the molecule is CC1([C@@H](CC(=O)O)Cc2nc(-c3c[nH]c4ncc(F)cc34)ncc2F)CCC1. The Hall–Kier alpha value is -2.90. The highest BCUT2D eigenvalue weighted by molar-refractivity contribution is 5.91. The molecule has 1 atom stereocenters. The van der Waals surface area contributed by atoms with E-state index in [1.165, 1.54) is 6.07 Å². The Morgan fingerprint density at radius 2 is 2.11 bits per heavy atom. The molecule has 0 aliphatic heterocycles. The van der Waals surface area contributed by atoms with Gasteiger partial charge < -0.3 is 10.1 Å². The second kappa shape index (κ2) is 6.92. The minimum Gasteiger partial charge on any atom is -0.481 e. The van der Waals surface area contributed by atoms with Crippen LogP contribution in [0.15, 0.2) is 24.7 Å². The lowest BCUT2D eigenvalue weighted by Crippen LogP contribution is -2.37. The van der Waals surface area contributed by atoms with Crippen molar-refractivity contribution < 1.29 is 18.7 Å². The molecule has 0 saturated heterocycles. The molecule has 3 aromatic rings. The molecular formula is C20H20F2N4O2. The van der Waals surface area contributed by atoms with E-state index in [2.05, 4.69) is 26.9 Å². The number of hydrogen-bond acceptors (Lipinski definition) is 4. The van der Waals surface area contributed by atoms with E-state index in [9.17, 15) is 18.7 Å². The van der Waals surface area contributed by atoms with Crippen molar-refractivity contribution in [3.05, 3.63) is 42.0 Å². The Kier molecular flexibility index (Phi) is 4.56. The number of aromatic amines is 1. The van der Waals surface area contributed by atoms with Crippen molar-refractivity contribution in [2.24, 2.45) is 11.3 Å². The Bertz CT molecular complexity index is 1050. The van der Waals surface area contributed by atoms with Gasteiger partial charge in [-0.05, 0) is 36.7 Å². The highest BCUT2D eigenvalue weighted by Gasteiger charge is 2.41. The van der Waals surface area contributed by atoms with Crippen molar-refractivity contribution in [1.82, 2.24) is 19.9 Å². The number of carbonyl (C=O) groups is 1. The van der Waals surface area contributed by atoms with E-state index < -0.39 is 17.6 Å². The summed E-state index contributed by atoms with van der Waals surface area (Å²) in [5, 5.41) is 9.80. The fourth-order valence-electron chi connectivity index (χ4n) is 3.99. The lowest BCUT2D eigenvalue weighted by molar-refractivity contribution is -0.140. The van der Waals surface area contributed by atoms with Crippen LogP contribution >= 0.6 is 0 Å². The summed E-state index contributed by atoms with van der Waals surface area (Å²) in [5.41, 5.74) is 1.07. The summed E-state index contributed by atoms with van der Waals surface area (Å²) in [4.78, 5) is 26.6. The summed E-state index contributed by atoms with van der Waals surface area (Å²) in [6.07, 6.45) is 6.90. The van der Waals surface area contributed by atoms with E-state index in [-0.39, 0.29) is 35.7 Å². The summed E-state index contributed by atoms with van der Waals surface area (Å²) < 4.78 is 28.0. The number of carboxylic acid groups (broad SMARTS) is 1. The molecule has 4 rings (SSSR count). The molecule has 0 amide bonds. The van der Waals surface area contributed by atoms with Crippen LogP contribution in [0.2, 0.25) is 0 Å². The maximum absolute atomic E-state index is 14.4. The van der Waals surface area contributed by atoms with Gasteiger partial charge in [0.25, 0.3) is 0 Å². The molecule has 1 fully saturated rings. The molecule has 1 aliphatic rings. The van der Waals surface area contributed by atoms with Crippen LogP contribution in [0.4, 0.5) is 8.78 Å². The smallest absolute Gasteiger partial charge is 0.303 e. The van der Waals surface area contributed by atoms with E-state index in [0.29, 0.717) is 16.6 Å². The maximum Gasteiger partial charge on any atom is 0.303 e. The molecule has 146 valence electrons. The average Bonchev–Trinajstić information content (AvgIpc) is 3.03. The van der Waals surface area contributed by atoms with Gasteiger partial charge in [-0.3, -0.25) is 4.79 Å². The van der Waals surface area contributed by atoms with Crippen LogP contribution in [0.5, 0.6) is 0 Å². The average molecular weight is 386 g/mol. The van der Waals surface area contributed by atoms with Crippen LogP contribution in [0.3, 0.4) is 0 Å². The number of halogens is 2. The maximum atomic E-state index is 14.4. The van der Waals surface area contributed by atoms with Gasteiger partial charge in [0.1, 0.15) is 11.5 Å². The first kappa shape index (κ1) is 18.5. The number of aromatic nitrogens is 4. The van der Waals surface area contributed by atoms with Gasteiger partial charge >= 0.3 is 5.97 Å². The van der Waals surface area contributed by atoms with Crippen molar-refractivity contribution in [2.75, 3.05) is 0 Å².